The second-order valence-electron chi connectivity index (χ2n) is 16.2. The van der Waals surface area contributed by atoms with Crippen molar-refractivity contribution < 1.29 is 19.1 Å². The third kappa shape index (κ3) is 20.7. The number of esters is 2. The third-order valence-electron chi connectivity index (χ3n) is 7.45. The van der Waals surface area contributed by atoms with Gasteiger partial charge in [0.15, 0.2) is 0 Å². The van der Waals surface area contributed by atoms with Gasteiger partial charge in [0.1, 0.15) is 6.61 Å². The molecule has 0 radical (unpaired) electrons. The standard InChI is InChI=1S/C32H65N3O4.C3H8/c1-29(2,3)23-26(31(6,7)24-30(4,5)25-32(8,9)28(37)38-14)27(36)39-22-21-35(19-15-17-33(10)11)20-16-18-34(12)13;1-3-2/h26H,15-25H2,1-14H3;3H2,1-2H3. The number of hydrogen-bond acceptors (Lipinski definition) is 7. The summed E-state index contributed by atoms with van der Waals surface area (Å²) in [6.07, 6.45) is 5.68. The molecule has 0 saturated heterocycles. The normalized spacial score (nSPS) is 13.7. The molecule has 1 atom stereocenters. The zero-order valence-corrected chi connectivity index (χ0v) is 31.0. The number of nitrogens with zero attached hydrogens (tertiary/aromatic N) is 3. The second kappa shape index (κ2) is 20.0. The van der Waals surface area contributed by atoms with Gasteiger partial charge in [0, 0.05) is 6.54 Å². The zero-order valence-electron chi connectivity index (χ0n) is 31.0. The molecule has 252 valence electrons. The Labute approximate surface area is 262 Å². The second-order valence-corrected chi connectivity index (χ2v) is 16.2. The molecule has 0 aromatic carbocycles. The first-order valence-electron chi connectivity index (χ1n) is 16.3. The van der Waals surface area contributed by atoms with Crippen LogP contribution < -0.4 is 0 Å². The Bertz CT molecular complexity index is 725. The number of hydrogen-bond donors (Lipinski definition) is 0. The van der Waals surface area contributed by atoms with Gasteiger partial charge in [-0.3, -0.25) is 14.5 Å². The van der Waals surface area contributed by atoms with Gasteiger partial charge in [-0.1, -0.05) is 68.7 Å². The van der Waals surface area contributed by atoms with Crippen LogP contribution in [0.2, 0.25) is 0 Å². The lowest BCUT2D eigenvalue weighted by Gasteiger charge is -2.43. The summed E-state index contributed by atoms with van der Waals surface area (Å²) in [5.41, 5.74) is -1.05. The van der Waals surface area contributed by atoms with Crippen molar-refractivity contribution in [2.45, 2.75) is 115 Å². The molecular formula is C35H73N3O4. The van der Waals surface area contributed by atoms with Crippen LogP contribution in [0.15, 0.2) is 0 Å². The van der Waals surface area contributed by atoms with E-state index in [1.807, 2.05) is 13.8 Å². The van der Waals surface area contributed by atoms with Crippen molar-refractivity contribution in [1.82, 2.24) is 14.7 Å². The molecule has 0 saturated carbocycles. The molecule has 0 amide bonds. The minimum atomic E-state index is -0.586. The molecular weight excluding hydrogens is 526 g/mol. The Morgan fingerprint density at radius 1 is 0.714 bits per heavy atom. The van der Waals surface area contributed by atoms with E-state index in [1.54, 1.807) is 0 Å². The van der Waals surface area contributed by atoms with E-state index in [1.165, 1.54) is 13.5 Å². The van der Waals surface area contributed by atoms with Gasteiger partial charge in [-0.05, 0) is 117 Å². The summed E-state index contributed by atoms with van der Waals surface area (Å²) in [6, 6.07) is 0. The third-order valence-corrected chi connectivity index (χ3v) is 7.45. The van der Waals surface area contributed by atoms with Crippen molar-refractivity contribution in [3.63, 3.8) is 0 Å². The summed E-state index contributed by atoms with van der Waals surface area (Å²) in [5.74, 6) is -0.520. The molecule has 0 fully saturated rings. The molecule has 0 spiro atoms. The van der Waals surface area contributed by atoms with Crippen LogP contribution in [0.25, 0.3) is 0 Å². The van der Waals surface area contributed by atoms with E-state index in [4.69, 9.17) is 9.47 Å². The molecule has 7 heteroatoms. The smallest absolute Gasteiger partial charge is 0.311 e. The van der Waals surface area contributed by atoms with E-state index >= 15 is 0 Å². The van der Waals surface area contributed by atoms with E-state index in [2.05, 4.69) is 105 Å². The van der Waals surface area contributed by atoms with Gasteiger partial charge in [-0.2, -0.15) is 0 Å². The first-order chi connectivity index (χ1) is 19.0. The van der Waals surface area contributed by atoms with Crippen LogP contribution in [-0.4, -0.2) is 101 Å². The molecule has 0 bridgehead atoms. The van der Waals surface area contributed by atoms with E-state index < -0.39 is 5.41 Å². The molecule has 0 aliphatic carbocycles. The van der Waals surface area contributed by atoms with Gasteiger partial charge in [0.25, 0.3) is 0 Å². The van der Waals surface area contributed by atoms with Crippen LogP contribution in [0.3, 0.4) is 0 Å². The van der Waals surface area contributed by atoms with Crippen LogP contribution in [0.5, 0.6) is 0 Å². The van der Waals surface area contributed by atoms with E-state index in [-0.39, 0.29) is 34.1 Å². The van der Waals surface area contributed by atoms with Gasteiger partial charge in [-0.25, -0.2) is 0 Å². The fourth-order valence-corrected chi connectivity index (χ4v) is 6.19. The number of methoxy groups -OCH3 is 1. The predicted molar refractivity (Wildman–Crippen MR) is 180 cm³/mol. The van der Waals surface area contributed by atoms with Crippen molar-refractivity contribution in [2.24, 2.45) is 27.6 Å². The van der Waals surface area contributed by atoms with Crippen molar-refractivity contribution in [3.8, 4) is 0 Å². The number of carbonyl (C=O) groups excluding carboxylic acids is 2. The number of carbonyl (C=O) groups is 2. The molecule has 7 nitrogen and oxygen atoms in total. The Morgan fingerprint density at radius 2 is 1.17 bits per heavy atom. The van der Waals surface area contributed by atoms with Crippen LogP contribution in [0.4, 0.5) is 0 Å². The maximum atomic E-state index is 13.7. The molecule has 0 aliphatic heterocycles. The molecule has 0 heterocycles. The largest absolute Gasteiger partial charge is 0.469 e. The van der Waals surface area contributed by atoms with Crippen molar-refractivity contribution in [2.75, 3.05) is 74.6 Å². The number of rotatable bonds is 19. The lowest BCUT2D eigenvalue weighted by molar-refractivity contribution is -0.157. The summed E-state index contributed by atoms with van der Waals surface area (Å²) in [6.45, 7) is 28.7. The van der Waals surface area contributed by atoms with Gasteiger partial charge < -0.3 is 19.3 Å². The van der Waals surface area contributed by atoms with Gasteiger partial charge in [-0.15, -0.1) is 0 Å². The van der Waals surface area contributed by atoms with Gasteiger partial charge in [0.05, 0.1) is 18.4 Å². The molecule has 0 aliphatic rings. The lowest BCUT2D eigenvalue weighted by Crippen LogP contribution is -2.41. The van der Waals surface area contributed by atoms with Gasteiger partial charge in [0.2, 0.25) is 0 Å². The topological polar surface area (TPSA) is 62.3 Å². The summed E-state index contributed by atoms with van der Waals surface area (Å²) >= 11 is 0. The highest BCUT2D eigenvalue weighted by molar-refractivity contribution is 5.75. The first kappa shape index (κ1) is 43.0. The van der Waals surface area contributed by atoms with E-state index in [0.29, 0.717) is 13.0 Å². The van der Waals surface area contributed by atoms with Crippen LogP contribution >= 0.6 is 0 Å². The molecule has 0 rings (SSSR count). The predicted octanol–water partition coefficient (Wildman–Crippen LogP) is 7.24. The van der Waals surface area contributed by atoms with Crippen molar-refractivity contribution >= 4 is 11.9 Å². The highest BCUT2D eigenvalue weighted by Crippen LogP contribution is 2.48. The fourth-order valence-electron chi connectivity index (χ4n) is 6.19. The van der Waals surface area contributed by atoms with Gasteiger partial charge >= 0.3 is 11.9 Å². The molecule has 0 N–H and O–H groups in total. The summed E-state index contributed by atoms with van der Waals surface area (Å²) in [5, 5.41) is 0. The zero-order chi connectivity index (χ0) is 33.4. The van der Waals surface area contributed by atoms with Crippen molar-refractivity contribution in [1.29, 1.82) is 0 Å². The van der Waals surface area contributed by atoms with Crippen LogP contribution in [-0.2, 0) is 19.1 Å². The minimum Gasteiger partial charge on any atom is -0.469 e. The summed E-state index contributed by atoms with van der Waals surface area (Å²) in [7, 11) is 9.86. The Hall–Kier alpha value is -1.18. The van der Waals surface area contributed by atoms with Crippen molar-refractivity contribution in [3.05, 3.63) is 0 Å². The molecule has 42 heavy (non-hydrogen) atoms. The molecule has 0 aromatic heterocycles. The number of ether oxygens (including phenoxy) is 2. The average molecular weight is 600 g/mol. The Balaban J connectivity index is 0. The van der Waals surface area contributed by atoms with E-state index in [0.717, 1.165) is 58.4 Å². The monoisotopic (exact) mass is 600 g/mol. The maximum absolute atomic E-state index is 13.7. The Morgan fingerprint density at radius 3 is 1.55 bits per heavy atom. The highest BCUT2D eigenvalue weighted by Gasteiger charge is 2.44. The highest BCUT2D eigenvalue weighted by atomic mass is 16.5. The lowest BCUT2D eigenvalue weighted by atomic mass is 9.61. The maximum Gasteiger partial charge on any atom is 0.311 e. The SMILES string of the molecule is CCC.COC(=O)C(C)(C)CC(C)(C)CC(C)(C)C(CC(C)(C)C)C(=O)OCCN(CCCN(C)C)CCCN(C)C. The Kier molecular flexibility index (Phi) is 20.4. The summed E-state index contributed by atoms with van der Waals surface area (Å²) in [4.78, 5) is 32.9. The fraction of sp³-hybridized carbons (Fsp3) is 0.943. The van der Waals surface area contributed by atoms with Crippen LogP contribution in [0, 0.1) is 27.6 Å². The quantitative estimate of drug-likeness (QED) is 0.145. The van der Waals surface area contributed by atoms with Crippen LogP contribution in [0.1, 0.15) is 115 Å². The molecule has 0 aromatic rings. The summed E-state index contributed by atoms with van der Waals surface area (Å²) < 4.78 is 11.1. The van der Waals surface area contributed by atoms with E-state index in [9.17, 15) is 9.59 Å². The first-order valence-corrected chi connectivity index (χ1v) is 16.3. The average Bonchev–Trinajstić information content (AvgIpc) is 2.79. The minimum absolute atomic E-state index is 0.0131. The molecule has 1 unspecified atom stereocenters.